The number of aromatic nitrogens is 2. The van der Waals surface area contributed by atoms with Gasteiger partial charge in [0, 0.05) is 18.8 Å². The molecule has 0 amide bonds. The van der Waals surface area contributed by atoms with Crippen LogP contribution < -0.4 is 5.32 Å². The molecular formula is C14H16N4O3. The third-order valence-corrected chi connectivity index (χ3v) is 3.64. The summed E-state index contributed by atoms with van der Waals surface area (Å²) < 4.78 is 5.51. The van der Waals surface area contributed by atoms with Gasteiger partial charge in [0.25, 0.3) is 0 Å². The monoisotopic (exact) mass is 288 g/mol. The van der Waals surface area contributed by atoms with Crippen LogP contribution in [0.25, 0.3) is 11.0 Å². The number of nitrogens with one attached hydrogen (secondary N) is 1. The predicted molar refractivity (Wildman–Crippen MR) is 78.3 cm³/mol. The smallest absolute Gasteiger partial charge is 0.312 e. The zero-order valence-electron chi connectivity index (χ0n) is 11.7. The van der Waals surface area contributed by atoms with Gasteiger partial charge < -0.3 is 10.1 Å². The Hall–Kier alpha value is -2.28. The van der Waals surface area contributed by atoms with E-state index in [4.69, 9.17) is 4.74 Å². The minimum absolute atomic E-state index is 0.0413. The highest BCUT2D eigenvalue weighted by molar-refractivity contribution is 5.92. The van der Waals surface area contributed by atoms with Crippen molar-refractivity contribution in [1.29, 1.82) is 0 Å². The molecule has 0 aliphatic carbocycles. The Morgan fingerprint density at radius 1 is 1.48 bits per heavy atom. The SMILES string of the molecule is CC1CC(Nc2c([N+](=O)[O-])cnc3cccnc23)CCO1. The molecule has 1 N–H and O–H groups in total. The van der Waals surface area contributed by atoms with E-state index in [1.807, 2.05) is 6.92 Å². The Bertz CT molecular complexity index is 676. The number of ether oxygens (including phenoxy) is 1. The maximum absolute atomic E-state index is 11.2. The van der Waals surface area contributed by atoms with Gasteiger partial charge in [-0.1, -0.05) is 0 Å². The van der Waals surface area contributed by atoms with Gasteiger partial charge in [-0.15, -0.1) is 0 Å². The van der Waals surface area contributed by atoms with Crippen molar-refractivity contribution in [2.45, 2.75) is 31.9 Å². The van der Waals surface area contributed by atoms with Crippen LogP contribution in [0.5, 0.6) is 0 Å². The number of anilines is 1. The van der Waals surface area contributed by atoms with Gasteiger partial charge in [-0.3, -0.25) is 15.1 Å². The second-order valence-electron chi connectivity index (χ2n) is 5.19. The molecule has 0 bridgehead atoms. The van der Waals surface area contributed by atoms with E-state index in [1.54, 1.807) is 18.3 Å². The highest BCUT2D eigenvalue weighted by Crippen LogP contribution is 2.32. The molecule has 1 saturated heterocycles. The lowest BCUT2D eigenvalue weighted by molar-refractivity contribution is -0.384. The molecule has 2 unspecified atom stereocenters. The van der Waals surface area contributed by atoms with Gasteiger partial charge in [0.2, 0.25) is 0 Å². The van der Waals surface area contributed by atoms with Gasteiger partial charge in [0.05, 0.1) is 16.5 Å². The predicted octanol–water partition coefficient (Wildman–Crippen LogP) is 2.52. The fourth-order valence-electron chi connectivity index (χ4n) is 2.62. The third-order valence-electron chi connectivity index (χ3n) is 3.64. The van der Waals surface area contributed by atoms with Gasteiger partial charge in [-0.25, -0.2) is 4.98 Å². The zero-order chi connectivity index (χ0) is 14.8. The van der Waals surface area contributed by atoms with Gasteiger partial charge >= 0.3 is 5.69 Å². The molecule has 0 saturated carbocycles. The molecule has 0 aromatic carbocycles. The molecule has 2 aromatic heterocycles. The summed E-state index contributed by atoms with van der Waals surface area (Å²) in [7, 11) is 0. The average molecular weight is 288 g/mol. The summed E-state index contributed by atoms with van der Waals surface area (Å²) >= 11 is 0. The van der Waals surface area contributed by atoms with Crippen molar-refractivity contribution in [3.63, 3.8) is 0 Å². The van der Waals surface area contributed by atoms with Crippen molar-refractivity contribution in [3.05, 3.63) is 34.6 Å². The molecule has 1 aliphatic heterocycles. The van der Waals surface area contributed by atoms with E-state index in [0.717, 1.165) is 12.8 Å². The highest BCUT2D eigenvalue weighted by Gasteiger charge is 2.25. The molecule has 7 heteroatoms. The number of pyridine rings is 2. The van der Waals surface area contributed by atoms with Crippen LogP contribution in [0.15, 0.2) is 24.5 Å². The minimum atomic E-state index is -0.424. The number of fused-ring (bicyclic) bond motifs is 1. The lowest BCUT2D eigenvalue weighted by atomic mass is 10.0. The first kappa shape index (κ1) is 13.7. The van der Waals surface area contributed by atoms with Crippen LogP contribution in [0, 0.1) is 10.1 Å². The molecule has 2 aromatic rings. The van der Waals surface area contributed by atoms with E-state index in [-0.39, 0.29) is 17.8 Å². The van der Waals surface area contributed by atoms with Crippen LogP contribution in [0.3, 0.4) is 0 Å². The maximum Gasteiger partial charge on any atom is 0.312 e. The number of rotatable bonds is 3. The van der Waals surface area contributed by atoms with E-state index in [1.165, 1.54) is 6.20 Å². The number of nitro groups is 1. The molecule has 3 heterocycles. The largest absolute Gasteiger partial charge is 0.378 e. The summed E-state index contributed by atoms with van der Waals surface area (Å²) in [5.41, 5.74) is 1.58. The molecule has 3 rings (SSSR count). The topological polar surface area (TPSA) is 90.2 Å². The van der Waals surface area contributed by atoms with Gasteiger partial charge in [0.15, 0.2) is 0 Å². The first-order valence-electron chi connectivity index (χ1n) is 6.91. The van der Waals surface area contributed by atoms with E-state index in [0.29, 0.717) is 23.3 Å². The van der Waals surface area contributed by atoms with Crippen LogP contribution in [-0.2, 0) is 4.74 Å². The van der Waals surface area contributed by atoms with Crippen LogP contribution in [0.1, 0.15) is 19.8 Å². The van der Waals surface area contributed by atoms with E-state index in [9.17, 15) is 10.1 Å². The molecule has 7 nitrogen and oxygen atoms in total. The highest BCUT2D eigenvalue weighted by atomic mass is 16.6. The fraction of sp³-hybridized carbons (Fsp3) is 0.429. The van der Waals surface area contributed by atoms with Gasteiger partial charge in [0.1, 0.15) is 17.4 Å². The quantitative estimate of drug-likeness (QED) is 0.689. The Morgan fingerprint density at radius 3 is 3.10 bits per heavy atom. The van der Waals surface area contributed by atoms with Crippen LogP contribution in [0.2, 0.25) is 0 Å². The summed E-state index contributed by atoms with van der Waals surface area (Å²) in [5, 5.41) is 14.5. The molecular weight excluding hydrogens is 272 g/mol. The Kier molecular flexibility index (Phi) is 3.66. The van der Waals surface area contributed by atoms with E-state index < -0.39 is 4.92 Å². The molecule has 1 aliphatic rings. The van der Waals surface area contributed by atoms with Crippen LogP contribution in [0.4, 0.5) is 11.4 Å². The second-order valence-corrected chi connectivity index (χ2v) is 5.19. The van der Waals surface area contributed by atoms with Gasteiger partial charge in [-0.2, -0.15) is 0 Å². The molecule has 0 spiro atoms. The fourth-order valence-corrected chi connectivity index (χ4v) is 2.62. The molecule has 0 radical (unpaired) electrons. The van der Waals surface area contributed by atoms with E-state index >= 15 is 0 Å². The van der Waals surface area contributed by atoms with Crippen molar-refractivity contribution in [3.8, 4) is 0 Å². The number of hydrogen-bond acceptors (Lipinski definition) is 6. The third kappa shape index (κ3) is 2.78. The zero-order valence-corrected chi connectivity index (χ0v) is 11.7. The molecule has 21 heavy (non-hydrogen) atoms. The normalized spacial score (nSPS) is 22.1. The van der Waals surface area contributed by atoms with Gasteiger partial charge in [-0.05, 0) is 31.9 Å². The molecule has 1 fully saturated rings. The van der Waals surface area contributed by atoms with Crippen LogP contribution in [-0.4, -0.2) is 33.6 Å². The second kappa shape index (κ2) is 5.61. The van der Waals surface area contributed by atoms with Crippen molar-refractivity contribution in [1.82, 2.24) is 9.97 Å². The van der Waals surface area contributed by atoms with Crippen molar-refractivity contribution < 1.29 is 9.66 Å². The van der Waals surface area contributed by atoms with E-state index in [2.05, 4.69) is 15.3 Å². The van der Waals surface area contributed by atoms with Crippen molar-refractivity contribution >= 4 is 22.4 Å². The first-order chi connectivity index (χ1) is 10.1. The summed E-state index contributed by atoms with van der Waals surface area (Å²) in [6.07, 6.45) is 4.68. The Labute approximate surface area is 121 Å². The Balaban J connectivity index is 2.01. The lowest BCUT2D eigenvalue weighted by Crippen LogP contribution is -2.32. The Morgan fingerprint density at radius 2 is 2.33 bits per heavy atom. The standard InChI is InChI=1S/C14H16N4O3/c1-9-7-10(4-6-21-9)17-14-12(18(19)20)8-16-11-3-2-5-15-13(11)14/h2-3,5,8-10H,4,6-7H2,1H3,(H,16,17). The summed E-state index contributed by atoms with van der Waals surface area (Å²) in [4.78, 5) is 19.2. The lowest BCUT2D eigenvalue weighted by Gasteiger charge is -2.28. The van der Waals surface area contributed by atoms with Crippen LogP contribution >= 0.6 is 0 Å². The summed E-state index contributed by atoms with van der Waals surface area (Å²) in [6.45, 7) is 2.66. The first-order valence-corrected chi connectivity index (χ1v) is 6.91. The average Bonchev–Trinajstić information content (AvgIpc) is 2.47. The summed E-state index contributed by atoms with van der Waals surface area (Å²) in [5.74, 6) is 0. The minimum Gasteiger partial charge on any atom is -0.378 e. The number of hydrogen-bond donors (Lipinski definition) is 1. The molecule has 2 atom stereocenters. The number of nitrogens with zero attached hydrogens (tertiary/aromatic N) is 3. The molecule has 110 valence electrons. The van der Waals surface area contributed by atoms with Crippen molar-refractivity contribution in [2.75, 3.05) is 11.9 Å². The van der Waals surface area contributed by atoms with Crippen molar-refractivity contribution in [2.24, 2.45) is 0 Å². The maximum atomic E-state index is 11.2. The summed E-state index contributed by atoms with van der Waals surface area (Å²) in [6, 6.07) is 3.70.